The molecule has 0 bridgehead atoms. The van der Waals surface area contributed by atoms with Crippen LogP contribution in [0.15, 0.2) is 22.8 Å². The molecule has 2 N–H and O–H groups in total. The van der Waals surface area contributed by atoms with Crippen LogP contribution in [0.25, 0.3) is 10.6 Å². The summed E-state index contributed by atoms with van der Waals surface area (Å²) in [6.45, 7) is 4.19. The van der Waals surface area contributed by atoms with Gasteiger partial charge in [0.15, 0.2) is 0 Å². The topological polar surface area (TPSA) is 87.2 Å². The largest absolute Gasteiger partial charge is 0.352 e. The van der Waals surface area contributed by atoms with Crippen LogP contribution in [0.1, 0.15) is 13.8 Å². The van der Waals surface area contributed by atoms with Crippen LogP contribution in [0.3, 0.4) is 0 Å². The van der Waals surface area contributed by atoms with Crippen molar-refractivity contribution in [2.75, 3.05) is 18.4 Å². The van der Waals surface area contributed by atoms with Crippen molar-refractivity contribution in [3.05, 3.63) is 27.1 Å². The number of amides is 3. The lowest BCUT2D eigenvalue weighted by molar-refractivity contribution is -0.125. The molecule has 0 spiro atoms. The van der Waals surface area contributed by atoms with Gasteiger partial charge in [-0.25, -0.2) is 14.8 Å². The predicted octanol–water partition coefficient (Wildman–Crippen LogP) is 3.36. The van der Waals surface area contributed by atoms with Gasteiger partial charge < -0.3 is 10.2 Å². The molecule has 0 atom stereocenters. The molecule has 2 aromatic rings. The second-order valence-electron chi connectivity index (χ2n) is 5.89. The molecule has 0 aliphatic carbocycles. The number of thiophene rings is 1. The maximum atomic E-state index is 11.8. The Morgan fingerprint density at radius 3 is 2.80 bits per heavy atom. The van der Waals surface area contributed by atoms with Crippen LogP contribution in [0.5, 0.6) is 0 Å². The lowest BCUT2D eigenvalue weighted by Crippen LogP contribution is -2.46. The summed E-state index contributed by atoms with van der Waals surface area (Å²) in [5.41, 5.74) is -0.115. The normalized spacial score (nSPS) is 16.2. The number of hydrogen-bond acceptors (Lipinski definition) is 6. The van der Waals surface area contributed by atoms with Crippen molar-refractivity contribution in [2.45, 2.75) is 19.4 Å². The fourth-order valence-electron chi connectivity index (χ4n) is 2.44. The van der Waals surface area contributed by atoms with E-state index in [1.54, 1.807) is 26.1 Å². The lowest BCUT2D eigenvalue weighted by Gasteiger charge is -2.27. The molecule has 1 saturated heterocycles. The van der Waals surface area contributed by atoms with E-state index in [1.165, 1.54) is 16.2 Å². The minimum Gasteiger partial charge on any atom is -0.352 e. The molecule has 25 heavy (non-hydrogen) atoms. The summed E-state index contributed by atoms with van der Waals surface area (Å²) in [5, 5.41) is 5.40. The van der Waals surface area contributed by atoms with E-state index in [1.807, 2.05) is 6.07 Å². The van der Waals surface area contributed by atoms with E-state index in [2.05, 4.69) is 36.5 Å². The molecular weight excluding hydrogens is 430 g/mol. The Balaban J connectivity index is 1.67. The molecule has 0 aromatic carbocycles. The van der Waals surface area contributed by atoms with E-state index >= 15 is 0 Å². The summed E-state index contributed by atoms with van der Waals surface area (Å²) in [6, 6.07) is 3.24. The fraction of sp³-hybridized carbons (Fsp3) is 0.333. The van der Waals surface area contributed by atoms with Crippen molar-refractivity contribution in [1.82, 2.24) is 20.2 Å². The van der Waals surface area contributed by atoms with Gasteiger partial charge in [0, 0.05) is 23.8 Å². The number of carbonyl (C=O) groups excluding carboxylic acids is 2. The SMILES string of the molecule is CC1(C)C(=O)NC(=O)N1CCNc1nccc(-c2sc(Cl)cc2Br)n1. The molecule has 0 saturated carbocycles. The van der Waals surface area contributed by atoms with E-state index in [9.17, 15) is 9.59 Å². The van der Waals surface area contributed by atoms with Gasteiger partial charge in [0.2, 0.25) is 5.95 Å². The van der Waals surface area contributed by atoms with E-state index < -0.39 is 5.54 Å². The molecule has 0 unspecified atom stereocenters. The van der Waals surface area contributed by atoms with Gasteiger partial charge >= 0.3 is 6.03 Å². The second kappa shape index (κ2) is 6.89. The number of halogens is 2. The van der Waals surface area contributed by atoms with Crippen molar-refractivity contribution < 1.29 is 9.59 Å². The van der Waals surface area contributed by atoms with E-state index in [4.69, 9.17) is 11.6 Å². The van der Waals surface area contributed by atoms with Crippen molar-refractivity contribution in [3.8, 4) is 10.6 Å². The number of imide groups is 1. The highest BCUT2D eigenvalue weighted by Gasteiger charge is 2.44. The van der Waals surface area contributed by atoms with Crippen molar-refractivity contribution in [3.63, 3.8) is 0 Å². The van der Waals surface area contributed by atoms with E-state index in [0.717, 1.165) is 15.0 Å². The Labute approximate surface area is 161 Å². The molecule has 0 radical (unpaired) electrons. The van der Waals surface area contributed by atoms with Gasteiger partial charge in [0.1, 0.15) is 5.54 Å². The minimum atomic E-state index is -0.861. The van der Waals surface area contributed by atoms with Gasteiger partial charge in [-0.3, -0.25) is 10.1 Å². The van der Waals surface area contributed by atoms with Gasteiger partial charge in [0.25, 0.3) is 5.91 Å². The fourth-order valence-corrected chi connectivity index (χ4v) is 4.49. The highest BCUT2D eigenvalue weighted by atomic mass is 79.9. The zero-order valence-electron chi connectivity index (χ0n) is 13.5. The first-order valence-corrected chi connectivity index (χ1v) is 9.43. The number of aromatic nitrogens is 2. The average molecular weight is 445 g/mol. The van der Waals surface area contributed by atoms with E-state index in [0.29, 0.717) is 23.4 Å². The van der Waals surface area contributed by atoms with Crippen LogP contribution in [-0.4, -0.2) is 45.4 Å². The zero-order chi connectivity index (χ0) is 18.2. The van der Waals surface area contributed by atoms with Crippen LogP contribution in [0.4, 0.5) is 10.7 Å². The van der Waals surface area contributed by atoms with Crippen LogP contribution in [0, 0.1) is 0 Å². The molecule has 2 aromatic heterocycles. The summed E-state index contributed by atoms with van der Waals surface area (Å²) in [7, 11) is 0. The number of carbonyl (C=O) groups is 2. The highest BCUT2D eigenvalue weighted by Crippen LogP contribution is 2.38. The summed E-state index contributed by atoms with van der Waals surface area (Å²) in [5.74, 6) is 0.146. The number of rotatable bonds is 5. The summed E-state index contributed by atoms with van der Waals surface area (Å²) in [6.07, 6.45) is 1.65. The van der Waals surface area contributed by atoms with Crippen molar-refractivity contribution >= 4 is 56.8 Å². The monoisotopic (exact) mass is 443 g/mol. The van der Waals surface area contributed by atoms with Crippen LogP contribution in [-0.2, 0) is 4.79 Å². The Morgan fingerprint density at radius 2 is 2.20 bits per heavy atom. The molecule has 10 heteroatoms. The van der Waals surface area contributed by atoms with Crippen LogP contribution >= 0.6 is 38.9 Å². The Hall–Kier alpha value is -1.71. The first-order chi connectivity index (χ1) is 11.8. The van der Waals surface area contributed by atoms with Gasteiger partial charge in [0.05, 0.1) is 14.9 Å². The van der Waals surface area contributed by atoms with Gasteiger partial charge in [-0.1, -0.05) is 11.6 Å². The summed E-state index contributed by atoms with van der Waals surface area (Å²) < 4.78 is 1.54. The molecule has 3 heterocycles. The maximum absolute atomic E-state index is 11.8. The van der Waals surface area contributed by atoms with Gasteiger partial charge in [-0.05, 0) is 41.9 Å². The number of hydrogen-bond donors (Lipinski definition) is 2. The first kappa shape index (κ1) is 18.1. The molecule has 132 valence electrons. The molecule has 3 rings (SSSR count). The standard InChI is InChI=1S/C15H15BrClN5O2S/c1-15(2)12(23)21-14(24)22(15)6-5-19-13-18-4-3-9(20-13)11-8(16)7-10(17)25-11/h3-4,7H,5-6H2,1-2H3,(H,18,19,20)(H,21,23,24). The van der Waals surface area contributed by atoms with Gasteiger partial charge in [-0.15, -0.1) is 11.3 Å². The molecule has 7 nitrogen and oxygen atoms in total. The van der Waals surface area contributed by atoms with Crippen molar-refractivity contribution in [1.29, 1.82) is 0 Å². The molecule has 1 aliphatic heterocycles. The second-order valence-corrected chi connectivity index (χ2v) is 8.43. The Kier molecular flexibility index (Phi) is 4.99. The predicted molar refractivity (Wildman–Crippen MR) is 101 cm³/mol. The molecule has 1 aliphatic rings. The molecule has 1 fully saturated rings. The third-order valence-electron chi connectivity index (χ3n) is 3.86. The smallest absolute Gasteiger partial charge is 0.325 e. The number of urea groups is 1. The molecular formula is C15H15BrClN5O2S. The number of anilines is 1. The number of nitrogens with zero attached hydrogens (tertiary/aromatic N) is 3. The van der Waals surface area contributed by atoms with E-state index in [-0.39, 0.29) is 11.9 Å². The summed E-state index contributed by atoms with van der Waals surface area (Å²) >= 11 is 10.9. The summed E-state index contributed by atoms with van der Waals surface area (Å²) in [4.78, 5) is 34.6. The highest BCUT2D eigenvalue weighted by molar-refractivity contribution is 9.10. The van der Waals surface area contributed by atoms with Crippen LogP contribution < -0.4 is 10.6 Å². The number of nitrogens with one attached hydrogen (secondary N) is 2. The Morgan fingerprint density at radius 1 is 1.44 bits per heavy atom. The third kappa shape index (κ3) is 3.63. The maximum Gasteiger partial charge on any atom is 0.325 e. The van der Waals surface area contributed by atoms with Crippen molar-refractivity contribution in [2.24, 2.45) is 0 Å². The first-order valence-electron chi connectivity index (χ1n) is 7.44. The Bertz CT molecular complexity index is 841. The minimum absolute atomic E-state index is 0.296. The van der Waals surface area contributed by atoms with Gasteiger partial charge in [-0.2, -0.15) is 0 Å². The lowest BCUT2D eigenvalue weighted by atomic mass is 10.0. The quantitative estimate of drug-likeness (QED) is 0.691. The average Bonchev–Trinajstić information content (AvgIpc) is 2.98. The van der Waals surface area contributed by atoms with Crippen LogP contribution in [0.2, 0.25) is 4.34 Å². The zero-order valence-corrected chi connectivity index (χ0v) is 16.6. The third-order valence-corrected chi connectivity index (χ3v) is 6.03. The molecule has 3 amide bonds.